The third kappa shape index (κ3) is 1.88. The van der Waals surface area contributed by atoms with Crippen molar-refractivity contribution in [3.63, 3.8) is 0 Å². The molecule has 0 unspecified atom stereocenters. The summed E-state index contributed by atoms with van der Waals surface area (Å²) >= 11 is 3.12. The smallest absolute Gasteiger partial charge is 0.143 e. The Morgan fingerprint density at radius 3 is 3.00 bits per heavy atom. The number of pyridine rings is 1. The second-order valence-electron chi connectivity index (χ2n) is 1.71. The highest BCUT2D eigenvalue weighted by molar-refractivity contribution is 9.09. The number of hydrogen-bond acceptors (Lipinski definition) is 3. The number of hydrogen-bond donors (Lipinski definition) is 1. The lowest BCUT2D eigenvalue weighted by atomic mass is 10.4. The van der Waals surface area contributed by atoms with Crippen molar-refractivity contribution in [3.05, 3.63) is 18.5 Å². The number of ether oxygens (including phenoxy) is 1. The number of anilines is 1. The van der Waals surface area contributed by atoms with Gasteiger partial charge in [0.05, 0.1) is 18.1 Å². The van der Waals surface area contributed by atoms with E-state index in [-0.39, 0.29) is 0 Å². The lowest BCUT2D eigenvalue weighted by molar-refractivity contribution is 0.396. The summed E-state index contributed by atoms with van der Waals surface area (Å²) in [6, 6.07) is 1.72. The minimum atomic E-state index is 0.456. The maximum Gasteiger partial charge on any atom is 0.143 e. The molecule has 0 saturated heterocycles. The monoisotopic (exact) mass is 202 g/mol. The molecule has 0 amide bonds. The Bertz CT molecular complexity index is 217. The van der Waals surface area contributed by atoms with E-state index in [1.165, 1.54) is 0 Å². The van der Waals surface area contributed by atoms with E-state index in [1.807, 2.05) is 0 Å². The van der Waals surface area contributed by atoms with Crippen molar-refractivity contribution in [1.82, 2.24) is 4.98 Å². The van der Waals surface area contributed by atoms with Gasteiger partial charge in [-0.2, -0.15) is 0 Å². The predicted octanol–water partition coefficient (Wildman–Crippen LogP) is 1.40. The van der Waals surface area contributed by atoms with Gasteiger partial charge in [-0.05, 0) is 15.9 Å². The zero-order valence-electron chi connectivity index (χ0n) is 5.25. The Balaban J connectivity index is 2.75. The number of aromatic nitrogens is 1. The summed E-state index contributed by atoms with van der Waals surface area (Å²) in [5.74, 6) is 0.678. The summed E-state index contributed by atoms with van der Waals surface area (Å²) < 4.78 is 5.06. The zero-order chi connectivity index (χ0) is 7.40. The van der Waals surface area contributed by atoms with Crippen LogP contribution in [-0.2, 0) is 0 Å². The minimum absolute atomic E-state index is 0.456. The van der Waals surface area contributed by atoms with Crippen molar-refractivity contribution < 1.29 is 4.74 Å². The first-order chi connectivity index (χ1) is 4.83. The third-order valence-electron chi connectivity index (χ3n) is 0.956. The molecule has 0 atom stereocenters. The zero-order valence-corrected chi connectivity index (χ0v) is 6.84. The van der Waals surface area contributed by atoms with Gasteiger partial charge in [-0.25, -0.2) is 0 Å². The quantitative estimate of drug-likeness (QED) is 0.739. The summed E-state index contributed by atoms with van der Waals surface area (Å²) in [6.45, 7) is 0. The van der Waals surface area contributed by atoms with Crippen LogP contribution in [0.15, 0.2) is 18.5 Å². The predicted molar refractivity (Wildman–Crippen MR) is 43.1 cm³/mol. The number of nitrogen functional groups attached to an aromatic ring is 1. The summed E-state index contributed by atoms with van der Waals surface area (Å²) in [6.07, 6.45) is 3.18. The first-order valence-electron chi connectivity index (χ1n) is 2.72. The van der Waals surface area contributed by atoms with E-state index in [0.717, 1.165) is 0 Å². The number of nitrogens with zero attached hydrogens (tertiary/aromatic N) is 1. The maximum atomic E-state index is 5.43. The standard InChI is InChI=1S/C6H7BrN2O/c7-4-10-6-1-5(8)2-9-3-6/h1-3H,4,8H2. The molecule has 0 aliphatic carbocycles. The molecule has 54 valence electrons. The van der Waals surface area contributed by atoms with Gasteiger partial charge < -0.3 is 10.5 Å². The van der Waals surface area contributed by atoms with Crippen LogP contribution in [0.2, 0.25) is 0 Å². The molecule has 1 rings (SSSR count). The van der Waals surface area contributed by atoms with E-state index in [1.54, 1.807) is 18.5 Å². The molecular formula is C6H7BrN2O. The second-order valence-corrected chi connectivity index (χ2v) is 2.17. The largest absolute Gasteiger partial charge is 0.481 e. The fourth-order valence-electron chi connectivity index (χ4n) is 0.578. The van der Waals surface area contributed by atoms with Crippen LogP contribution in [0.1, 0.15) is 0 Å². The van der Waals surface area contributed by atoms with Gasteiger partial charge in [0.15, 0.2) is 0 Å². The van der Waals surface area contributed by atoms with Gasteiger partial charge in [-0.15, -0.1) is 0 Å². The molecule has 2 N–H and O–H groups in total. The molecule has 1 heterocycles. The molecule has 0 spiro atoms. The van der Waals surface area contributed by atoms with E-state index in [4.69, 9.17) is 10.5 Å². The average molecular weight is 203 g/mol. The van der Waals surface area contributed by atoms with E-state index < -0.39 is 0 Å². The lowest BCUT2D eigenvalue weighted by Gasteiger charge is -2.00. The number of halogens is 1. The van der Waals surface area contributed by atoms with Gasteiger partial charge in [0.2, 0.25) is 0 Å². The first kappa shape index (κ1) is 7.34. The maximum absolute atomic E-state index is 5.43. The summed E-state index contributed by atoms with van der Waals surface area (Å²) in [4.78, 5) is 3.83. The number of alkyl halides is 1. The van der Waals surface area contributed by atoms with Crippen LogP contribution in [-0.4, -0.2) is 10.5 Å². The molecule has 4 heteroatoms. The topological polar surface area (TPSA) is 48.1 Å². The van der Waals surface area contributed by atoms with Gasteiger partial charge in [0.25, 0.3) is 0 Å². The minimum Gasteiger partial charge on any atom is -0.481 e. The van der Waals surface area contributed by atoms with E-state index >= 15 is 0 Å². The van der Waals surface area contributed by atoms with E-state index in [0.29, 0.717) is 17.0 Å². The first-order valence-corrected chi connectivity index (χ1v) is 3.84. The third-order valence-corrected chi connectivity index (χ3v) is 1.18. The Hall–Kier alpha value is -0.770. The summed E-state index contributed by atoms with van der Waals surface area (Å²) in [5.41, 5.74) is 6.50. The second kappa shape index (κ2) is 3.41. The normalized spacial score (nSPS) is 9.30. The molecule has 1 aromatic rings. The Kier molecular flexibility index (Phi) is 2.50. The highest BCUT2D eigenvalue weighted by atomic mass is 79.9. The van der Waals surface area contributed by atoms with Crippen molar-refractivity contribution >= 4 is 21.6 Å². The molecule has 10 heavy (non-hydrogen) atoms. The van der Waals surface area contributed by atoms with Crippen LogP contribution < -0.4 is 10.5 Å². The van der Waals surface area contributed by atoms with Crippen molar-refractivity contribution in [2.45, 2.75) is 0 Å². The van der Waals surface area contributed by atoms with Crippen molar-refractivity contribution in [2.24, 2.45) is 0 Å². The SMILES string of the molecule is Nc1cncc(OCBr)c1. The highest BCUT2D eigenvalue weighted by Crippen LogP contribution is 2.12. The van der Waals surface area contributed by atoms with Crippen LogP contribution in [0.5, 0.6) is 5.75 Å². The van der Waals surface area contributed by atoms with E-state index in [2.05, 4.69) is 20.9 Å². The summed E-state index contributed by atoms with van der Waals surface area (Å²) in [7, 11) is 0. The Morgan fingerprint density at radius 1 is 1.60 bits per heavy atom. The Morgan fingerprint density at radius 2 is 2.40 bits per heavy atom. The van der Waals surface area contributed by atoms with Crippen LogP contribution in [0.3, 0.4) is 0 Å². The van der Waals surface area contributed by atoms with Gasteiger partial charge in [-0.3, -0.25) is 4.98 Å². The molecule has 0 aliphatic rings. The average Bonchev–Trinajstić information content (AvgIpc) is 1.88. The molecule has 3 nitrogen and oxygen atoms in total. The van der Waals surface area contributed by atoms with Crippen molar-refractivity contribution in [1.29, 1.82) is 0 Å². The van der Waals surface area contributed by atoms with Crippen LogP contribution in [0.25, 0.3) is 0 Å². The van der Waals surface area contributed by atoms with E-state index in [9.17, 15) is 0 Å². The fraction of sp³-hybridized carbons (Fsp3) is 0.167. The van der Waals surface area contributed by atoms with Gasteiger partial charge in [0, 0.05) is 6.07 Å². The molecular weight excluding hydrogens is 196 g/mol. The van der Waals surface area contributed by atoms with Crippen molar-refractivity contribution in [3.8, 4) is 5.75 Å². The molecule has 0 aliphatic heterocycles. The molecule has 0 radical (unpaired) electrons. The van der Waals surface area contributed by atoms with Crippen molar-refractivity contribution in [2.75, 3.05) is 11.2 Å². The molecule has 1 aromatic heterocycles. The van der Waals surface area contributed by atoms with Gasteiger partial charge in [0.1, 0.15) is 11.3 Å². The lowest BCUT2D eigenvalue weighted by Crippen LogP contribution is -1.91. The number of rotatable bonds is 2. The summed E-state index contributed by atoms with van der Waals surface area (Å²) in [5, 5.41) is 0. The van der Waals surface area contributed by atoms with Gasteiger partial charge in [-0.1, -0.05) is 0 Å². The molecule has 0 aromatic carbocycles. The number of nitrogens with two attached hydrogens (primary N) is 1. The fourth-order valence-corrected chi connectivity index (χ4v) is 0.842. The van der Waals surface area contributed by atoms with Crippen LogP contribution in [0.4, 0.5) is 5.69 Å². The highest BCUT2D eigenvalue weighted by Gasteiger charge is 1.91. The molecule has 0 bridgehead atoms. The molecule has 0 saturated carbocycles. The molecule has 0 fully saturated rings. The van der Waals surface area contributed by atoms with Crippen LogP contribution in [0, 0.1) is 0 Å². The Labute approximate surface area is 67.3 Å². The van der Waals surface area contributed by atoms with Gasteiger partial charge >= 0.3 is 0 Å². The van der Waals surface area contributed by atoms with Crippen LogP contribution >= 0.6 is 15.9 Å².